The van der Waals surface area contributed by atoms with Crippen LogP contribution in [0.3, 0.4) is 0 Å². The average Bonchev–Trinajstić information content (AvgIpc) is 2.83. The standard InChI is InChI=1S/C18H17FN2O/c1-11-3-8-16-15(9-11)12(2)17(21-16)18(22)20-10-13-4-6-14(19)7-5-13/h3-9,21H,10H2,1-2H3,(H,20,22). The molecule has 0 saturated carbocycles. The van der Waals surface area contributed by atoms with E-state index in [0.717, 1.165) is 27.6 Å². The van der Waals surface area contributed by atoms with Crippen molar-refractivity contribution in [3.05, 3.63) is 70.7 Å². The second kappa shape index (κ2) is 5.64. The van der Waals surface area contributed by atoms with Crippen LogP contribution in [0.1, 0.15) is 27.2 Å². The minimum absolute atomic E-state index is 0.157. The minimum Gasteiger partial charge on any atom is -0.350 e. The molecule has 2 aromatic carbocycles. The number of amides is 1. The Bertz CT molecular complexity index is 834. The first kappa shape index (κ1) is 14.3. The van der Waals surface area contributed by atoms with Gasteiger partial charge in [0.05, 0.1) is 0 Å². The molecule has 0 aliphatic rings. The summed E-state index contributed by atoms with van der Waals surface area (Å²) in [7, 11) is 0. The second-order valence-corrected chi connectivity index (χ2v) is 5.48. The van der Waals surface area contributed by atoms with Gasteiger partial charge < -0.3 is 10.3 Å². The SMILES string of the molecule is Cc1ccc2[nH]c(C(=O)NCc3ccc(F)cc3)c(C)c2c1. The lowest BCUT2D eigenvalue weighted by Crippen LogP contribution is -2.23. The normalized spacial score (nSPS) is 10.9. The number of fused-ring (bicyclic) bond motifs is 1. The number of rotatable bonds is 3. The number of hydrogen-bond donors (Lipinski definition) is 2. The summed E-state index contributed by atoms with van der Waals surface area (Å²) in [6.45, 7) is 4.33. The van der Waals surface area contributed by atoms with Crippen LogP contribution in [0.2, 0.25) is 0 Å². The molecule has 1 aromatic heterocycles. The largest absolute Gasteiger partial charge is 0.350 e. The molecule has 22 heavy (non-hydrogen) atoms. The number of halogens is 1. The predicted molar refractivity (Wildman–Crippen MR) is 85.3 cm³/mol. The molecule has 0 saturated heterocycles. The highest BCUT2D eigenvalue weighted by atomic mass is 19.1. The first-order valence-electron chi connectivity index (χ1n) is 7.16. The number of hydrogen-bond acceptors (Lipinski definition) is 1. The zero-order valence-corrected chi connectivity index (χ0v) is 12.5. The van der Waals surface area contributed by atoms with Crippen LogP contribution in [0.5, 0.6) is 0 Å². The minimum atomic E-state index is -0.281. The van der Waals surface area contributed by atoms with Gasteiger partial charge in [0.2, 0.25) is 0 Å². The first-order chi connectivity index (χ1) is 10.5. The van der Waals surface area contributed by atoms with Crippen LogP contribution in [0.25, 0.3) is 10.9 Å². The fourth-order valence-corrected chi connectivity index (χ4v) is 2.54. The lowest BCUT2D eigenvalue weighted by Gasteiger charge is -2.05. The van der Waals surface area contributed by atoms with Gasteiger partial charge in [-0.3, -0.25) is 4.79 Å². The monoisotopic (exact) mass is 296 g/mol. The van der Waals surface area contributed by atoms with Gasteiger partial charge in [-0.2, -0.15) is 0 Å². The zero-order chi connectivity index (χ0) is 15.7. The van der Waals surface area contributed by atoms with Gasteiger partial charge in [0.1, 0.15) is 11.5 Å². The number of aromatic nitrogens is 1. The lowest BCUT2D eigenvalue weighted by molar-refractivity contribution is 0.0946. The summed E-state index contributed by atoms with van der Waals surface area (Å²) in [4.78, 5) is 15.5. The maximum Gasteiger partial charge on any atom is 0.268 e. The Morgan fingerprint density at radius 2 is 1.86 bits per heavy atom. The molecular formula is C18H17FN2O. The summed E-state index contributed by atoms with van der Waals surface area (Å²) in [6.07, 6.45) is 0. The van der Waals surface area contributed by atoms with Gasteiger partial charge in [-0.25, -0.2) is 4.39 Å². The van der Waals surface area contributed by atoms with Crippen molar-refractivity contribution in [3.63, 3.8) is 0 Å². The number of aromatic amines is 1. The quantitative estimate of drug-likeness (QED) is 0.757. The van der Waals surface area contributed by atoms with Gasteiger partial charge in [-0.1, -0.05) is 23.8 Å². The van der Waals surface area contributed by atoms with Crippen molar-refractivity contribution in [2.45, 2.75) is 20.4 Å². The van der Waals surface area contributed by atoms with Crippen molar-refractivity contribution in [1.82, 2.24) is 10.3 Å². The number of carbonyl (C=O) groups is 1. The summed E-state index contributed by atoms with van der Waals surface area (Å²) in [5.74, 6) is -0.437. The van der Waals surface area contributed by atoms with Crippen LogP contribution in [0.4, 0.5) is 4.39 Å². The van der Waals surface area contributed by atoms with Gasteiger partial charge in [-0.15, -0.1) is 0 Å². The molecule has 0 spiro atoms. The molecule has 0 radical (unpaired) electrons. The van der Waals surface area contributed by atoms with Crippen molar-refractivity contribution in [1.29, 1.82) is 0 Å². The van der Waals surface area contributed by atoms with Crippen LogP contribution >= 0.6 is 0 Å². The van der Waals surface area contributed by atoms with Crippen LogP contribution in [-0.2, 0) is 6.54 Å². The Kier molecular flexibility index (Phi) is 3.67. The topological polar surface area (TPSA) is 44.9 Å². The van der Waals surface area contributed by atoms with Gasteiger partial charge >= 0.3 is 0 Å². The van der Waals surface area contributed by atoms with Crippen LogP contribution in [-0.4, -0.2) is 10.9 Å². The van der Waals surface area contributed by atoms with Gasteiger partial charge in [0, 0.05) is 17.4 Å². The highest BCUT2D eigenvalue weighted by molar-refractivity contribution is 6.00. The molecule has 0 bridgehead atoms. The van der Waals surface area contributed by atoms with E-state index >= 15 is 0 Å². The third-order valence-corrected chi connectivity index (χ3v) is 3.81. The smallest absolute Gasteiger partial charge is 0.268 e. The van der Waals surface area contributed by atoms with E-state index in [1.165, 1.54) is 12.1 Å². The van der Waals surface area contributed by atoms with E-state index in [-0.39, 0.29) is 11.7 Å². The molecule has 0 aliphatic carbocycles. The Hall–Kier alpha value is -2.62. The Morgan fingerprint density at radius 3 is 2.59 bits per heavy atom. The van der Waals surface area contributed by atoms with Crippen LogP contribution in [0, 0.1) is 19.7 Å². The predicted octanol–water partition coefficient (Wildman–Crippen LogP) is 3.85. The number of carbonyl (C=O) groups excluding carboxylic acids is 1. The molecule has 3 nitrogen and oxygen atoms in total. The van der Waals surface area contributed by atoms with E-state index in [0.29, 0.717) is 12.2 Å². The molecule has 1 amide bonds. The molecule has 3 aromatic rings. The molecule has 3 rings (SSSR count). The molecule has 4 heteroatoms. The van der Waals surface area contributed by atoms with Crippen molar-refractivity contribution < 1.29 is 9.18 Å². The Balaban J connectivity index is 1.80. The highest BCUT2D eigenvalue weighted by Crippen LogP contribution is 2.22. The summed E-state index contributed by atoms with van der Waals surface area (Å²) >= 11 is 0. The van der Waals surface area contributed by atoms with Crippen molar-refractivity contribution in [2.24, 2.45) is 0 Å². The first-order valence-corrected chi connectivity index (χ1v) is 7.16. The number of aryl methyl sites for hydroxylation is 2. The number of nitrogens with one attached hydrogen (secondary N) is 2. The maximum atomic E-state index is 12.9. The van der Waals surface area contributed by atoms with Gasteiger partial charge in [-0.05, 0) is 49.2 Å². The van der Waals surface area contributed by atoms with Gasteiger partial charge in [0.15, 0.2) is 0 Å². The number of H-pyrrole nitrogens is 1. The van der Waals surface area contributed by atoms with E-state index in [9.17, 15) is 9.18 Å². The molecule has 2 N–H and O–H groups in total. The molecule has 0 unspecified atom stereocenters. The Labute approximate surface area is 128 Å². The lowest BCUT2D eigenvalue weighted by atomic mass is 10.1. The van der Waals surface area contributed by atoms with E-state index in [1.807, 2.05) is 26.0 Å². The van der Waals surface area contributed by atoms with Crippen LogP contribution < -0.4 is 5.32 Å². The zero-order valence-electron chi connectivity index (χ0n) is 12.5. The van der Waals surface area contributed by atoms with Crippen molar-refractivity contribution >= 4 is 16.8 Å². The number of benzene rings is 2. The maximum absolute atomic E-state index is 12.9. The molecule has 112 valence electrons. The summed E-state index contributed by atoms with van der Waals surface area (Å²) in [6, 6.07) is 12.2. The molecular weight excluding hydrogens is 279 g/mol. The van der Waals surface area contributed by atoms with E-state index < -0.39 is 0 Å². The van der Waals surface area contributed by atoms with Crippen molar-refractivity contribution in [2.75, 3.05) is 0 Å². The molecule has 0 atom stereocenters. The van der Waals surface area contributed by atoms with Crippen LogP contribution in [0.15, 0.2) is 42.5 Å². The molecule has 0 aliphatic heterocycles. The van der Waals surface area contributed by atoms with E-state index in [2.05, 4.69) is 16.4 Å². The van der Waals surface area contributed by atoms with Crippen molar-refractivity contribution in [3.8, 4) is 0 Å². The average molecular weight is 296 g/mol. The summed E-state index contributed by atoms with van der Waals surface area (Å²) in [5.41, 5.74) is 4.49. The fourth-order valence-electron chi connectivity index (χ4n) is 2.54. The summed E-state index contributed by atoms with van der Waals surface area (Å²) in [5, 5.41) is 3.92. The molecule has 1 heterocycles. The summed E-state index contributed by atoms with van der Waals surface area (Å²) < 4.78 is 12.9. The Morgan fingerprint density at radius 1 is 1.14 bits per heavy atom. The third kappa shape index (κ3) is 2.72. The third-order valence-electron chi connectivity index (χ3n) is 3.81. The second-order valence-electron chi connectivity index (χ2n) is 5.48. The van der Waals surface area contributed by atoms with E-state index in [4.69, 9.17) is 0 Å². The highest BCUT2D eigenvalue weighted by Gasteiger charge is 2.14. The molecule has 0 fully saturated rings. The van der Waals surface area contributed by atoms with E-state index in [1.54, 1.807) is 12.1 Å². The fraction of sp³-hybridized carbons (Fsp3) is 0.167. The van der Waals surface area contributed by atoms with Gasteiger partial charge in [0.25, 0.3) is 5.91 Å².